The van der Waals surface area contributed by atoms with E-state index in [4.69, 9.17) is 0 Å². The number of rotatable bonds is 8. The van der Waals surface area contributed by atoms with Gasteiger partial charge in [0.05, 0.1) is 0 Å². The van der Waals surface area contributed by atoms with E-state index in [0.717, 1.165) is 16.5 Å². The minimum absolute atomic E-state index is 0.0678. The van der Waals surface area contributed by atoms with Crippen molar-refractivity contribution in [2.75, 3.05) is 13.1 Å². The first-order valence-electron chi connectivity index (χ1n) is 9.35. The Bertz CT molecular complexity index is 967. The summed E-state index contributed by atoms with van der Waals surface area (Å²) in [6, 6.07) is 14.4. The molecule has 3 aromatic rings. The molecule has 1 aromatic heterocycles. The topological polar surface area (TPSA) is 65.2 Å². The van der Waals surface area contributed by atoms with Crippen molar-refractivity contribution >= 4 is 22.7 Å². The van der Waals surface area contributed by atoms with Crippen molar-refractivity contribution in [1.29, 1.82) is 0 Å². The quantitative estimate of drug-likeness (QED) is 0.628. The van der Waals surface area contributed by atoms with Crippen molar-refractivity contribution in [2.24, 2.45) is 0 Å². The van der Waals surface area contributed by atoms with E-state index in [-0.39, 0.29) is 30.6 Å². The van der Waals surface area contributed by atoms with Gasteiger partial charge < -0.3 is 15.2 Å². The Morgan fingerprint density at radius 3 is 2.57 bits per heavy atom. The molecule has 0 aliphatic heterocycles. The summed E-state index contributed by atoms with van der Waals surface area (Å²) in [7, 11) is 0. The fraction of sp³-hybridized carbons (Fsp3) is 0.273. The van der Waals surface area contributed by atoms with Crippen molar-refractivity contribution in [2.45, 2.75) is 26.3 Å². The fourth-order valence-corrected chi connectivity index (χ4v) is 3.18. The van der Waals surface area contributed by atoms with E-state index in [1.165, 1.54) is 13.0 Å². The van der Waals surface area contributed by atoms with Crippen molar-refractivity contribution in [1.82, 2.24) is 15.2 Å². The summed E-state index contributed by atoms with van der Waals surface area (Å²) < 4.78 is 13.6. The molecule has 2 amide bonds. The lowest BCUT2D eigenvalue weighted by Gasteiger charge is -2.20. The van der Waals surface area contributed by atoms with Crippen LogP contribution in [0.3, 0.4) is 0 Å². The zero-order valence-electron chi connectivity index (χ0n) is 15.9. The number of carbonyl (C=O) groups excluding carboxylic acids is 2. The molecular formula is C22H24FN3O2. The van der Waals surface area contributed by atoms with Gasteiger partial charge in [-0.05, 0) is 24.1 Å². The largest absolute Gasteiger partial charge is 0.361 e. The highest BCUT2D eigenvalue weighted by molar-refractivity contribution is 5.83. The van der Waals surface area contributed by atoms with E-state index in [0.29, 0.717) is 25.1 Å². The molecule has 0 fully saturated rings. The van der Waals surface area contributed by atoms with Gasteiger partial charge in [-0.3, -0.25) is 9.59 Å². The van der Waals surface area contributed by atoms with Crippen LogP contribution >= 0.6 is 0 Å². The SMILES string of the molecule is CC(=O)N(CCC(=O)NCc1ccccc1F)CCc1c[nH]c2ccccc12. The number of nitrogens with zero attached hydrogens (tertiary/aromatic N) is 1. The number of hydrogen-bond donors (Lipinski definition) is 2. The maximum Gasteiger partial charge on any atom is 0.222 e. The van der Waals surface area contributed by atoms with Gasteiger partial charge in [-0.2, -0.15) is 0 Å². The molecule has 0 saturated carbocycles. The molecule has 2 aromatic carbocycles. The average molecular weight is 381 g/mol. The van der Waals surface area contributed by atoms with Crippen molar-refractivity contribution < 1.29 is 14.0 Å². The van der Waals surface area contributed by atoms with Gasteiger partial charge in [0.25, 0.3) is 0 Å². The van der Waals surface area contributed by atoms with Gasteiger partial charge in [0.1, 0.15) is 5.82 Å². The summed E-state index contributed by atoms with van der Waals surface area (Å²) in [6.07, 6.45) is 2.85. The van der Waals surface area contributed by atoms with Crippen LogP contribution in [0.15, 0.2) is 54.7 Å². The Kier molecular flexibility index (Phi) is 6.42. The number of fused-ring (bicyclic) bond motifs is 1. The van der Waals surface area contributed by atoms with E-state index in [2.05, 4.69) is 16.4 Å². The van der Waals surface area contributed by atoms with Gasteiger partial charge in [0.2, 0.25) is 11.8 Å². The van der Waals surface area contributed by atoms with Gasteiger partial charge in [-0.15, -0.1) is 0 Å². The number of nitrogens with one attached hydrogen (secondary N) is 2. The number of para-hydroxylation sites is 1. The van der Waals surface area contributed by atoms with Gasteiger partial charge >= 0.3 is 0 Å². The summed E-state index contributed by atoms with van der Waals surface area (Å²) in [5.41, 5.74) is 2.66. The van der Waals surface area contributed by atoms with E-state index in [1.54, 1.807) is 23.1 Å². The van der Waals surface area contributed by atoms with Crippen molar-refractivity contribution in [3.05, 3.63) is 71.7 Å². The van der Waals surface area contributed by atoms with Crippen LogP contribution in [-0.2, 0) is 22.6 Å². The summed E-state index contributed by atoms with van der Waals surface area (Å²) in [4.78, 5) is 28.9. The maximum atomic E-state index is 13.6. The molecule has 28 heavy (non-hydrogen) atoms. The molecule has 0 spiro atoms. The van der Waals surface area contributed by atoms with Crippen LogP contribution < -0.4 is 5.32 Å². The Balaban J connectivity index is 1.50. The number of carbonyl (C=O) groups is 2. The molecule has 5 nitrogen and oxygen atoms in total. The third-order valence-electron chi connectivity index (χ3n) is 4.81. The molecule has 0 atom stereocenters. The zero-order chi connectivity index (χ0) is 19.9. The first-order valence-corrected chi connectivity index (χ1v) is 9.35. The van der Waals surface area contributed by atoms with Gasteiger partial charge in [0.15, 0.2) is 0 Å². The molecular weight excluding hydrogens is 357 g/mol. The van der Waals surface area contributed by atoms with Gasteiger partial charge in [-0.1, -0.05) is 36.4 Å². The smallest absolute Gasteiger partial charge is 0.222 e. The molecule has 6 heteroatoms. The van der Waals surface area contributed by atoms with Crippen molar-refractivity contribution in [3.8, 4) is 0 Å². The molecule has 1 heterocycles. The Morgan fingerprint density at radius 2 is 1.79 bits per heavy atom. The average Bonchev–Trinajstić information content (AvgIpc) is 3.10. The number of aromatic amines is 1. The number of hydrogen-bond acceptors (Lipinski definition) is 2. The molecule has 3 rings (SSSR count). The Labute approximate surface area is 163 Å². The van der Waals surface area contributed by atoms with Crippen LogP contribution in [0, 0.1) is 5.82 Å². The number of aromatic nitrogens is 1. The second-order valence-corrected chi connectivity index (χ2v) is 6.73. The van der Waals surface area contributed by atoms with Crippen LogP contribution in [0.5, 0.6) is 0 Å². The van der Waals surface area contributed by atoms with E-state index in [9.17, 15) is 14.0 Å². The Morgan fingerprint density at radius 1 is 1.04 bits per heavy atom. The fourth-order valence-electron chi connectivity index (χ4n) is 3.18. The molecule has 146 valence electrons. The Hall–Kier alpha value is -3.15. The van der Waals surface area contributed by atoms with Crippen molar-refractivity contribution in [3.63, 3.8) is 0 Å². The zero-order valence-corrected chi connectivity index (χ0v) is 15.9. The third kappa shape index (κ3) is 4.97. The van der Waals surface area contributed by atoms with E-state index in [1.807, 2.05) is 24.4 Å². The normalized spacial score (nSPS) is 10.8. The predicted octanol–water partition coefficient (Wildman–Crippen LogP) is 3.40. The standard InChI is InChI=1S/C22H24FN3O2/c1-16(27)26(12-10-17-14-24-21-9-5-3-7-19(17)21)13-11-22(28)25-15-18-6-2-4-8-20(18)23/h2-9,14,24H,10-13,15H2,1H3,(H,25,28). The monoisotopic (exact) mass is 381 g/mol. The summed E-state index contributed by atoms with van der Waals surface area (Å²) in [5.74, 6) is -0.616. The van der Waals surface area contributed by atoms with Gasteiger partial charge in [0, 0.05) is 55.6 Å². The number of halogens is 1. The minimum atomic E-state index is -0.341. The first-order chi connectivity index (χ1) is 13.5. The van der Waals surface area contributed by atoms with E-state index < -0.39 is 0 Å². The van der Waals surface area contributed by atoms with Crippen LogP contribution in [-0.4, -0.2) is 34.8 Å². The maximum absolute atomic E-state index is 13.6. The molecule has 0 unspecified atom stereocenters. The lowest BCUT2D eigenvalue weighted by atomic mass is 10.1. The first kappa shape index (κ1) is 19.6. The van der Waals surface area contributed by atoms with E-state index >= 15 is 0 Å². The number of benzene rings is 2. The highest BCUT2D eigenvalue weighted by Crippen LogP contribution is 2.18. The number of amides is 2. The van der Waals surface area contributed by atoms with Gasteiger partial charge in [-0.25, -0.2) is 4.39 Å². The summed E-state index contributed by atoms with van der Waals surface area (Å²) >= 11 is 0. The van der Waals surface area contributed by atoms with Crippen LogP contribution in [0.25, 0.3) is 10.9 Å². The highest BCUT2D eigenvalue weighted by atomic mass is 19.1. The molecule has 0 aliphatic carbocycles. The predicted molar refractivity (Wildman–Crippen MR) is 107 cm³/mol. The number of H-pyrrole nitrogens is 1. The molecule has 0 aliphatic rings. The highest BCUT2D eigenvalue weighted by Gasteiger charge is 2.13. The molecule has 0 radical (unpaired) electrons. The molecule has 0 bridgehead atoms. The van der Waals surface area contributed by atoms with Crippen LogP contribution in [0.1, 0.15) is 24.5 Å². The third-order valence-corrected chi connectivity index (χ3v) is 4.81. The lowest BCUT2D eigenvalue weighted by Crippen LogP contribution is -2.35. The molecule has 0 saturated heterocycles. The second-order valence-electron chi connectivity index (χ2n) is 6.73. The second kappa shape index (κ2) is 9.17. The lowest BCUT2D eigenvalue weighted by molar-refractivity contribution is -0.129. The minimum Gasteiger partial charge on any atom is -0.361 e. The molecule has 2 N–H and O–H groups in total. The summed E-state index contributed by atoms with van der Waals surface area (Å²) in [5, 5.41) is 3.85. The van der Waals surface area contributed by atoms with Crippen LogP contribution in [0.2, 0.25) is 0 Å². The summed E-state index contributed by atoms with van der Waals surface area (Å²) in [6.45, 7) is 2.52. The van der Waals surface area contributed by atoms with Crippen LogP contribution in [0.4, 0.5) is 4.39 Å².